The van der Waals surface area contributed by atoms with Crippen molar-refractivity contribution in [3.63, 3.8) is 0 Å². The van der Waals surface area contributed by atoms with Crippen LogP contribution in [-0.4, -0.2) is 24.5 Å². The van der Waals surface area contributed by atoms with Crippen LogP contribution in [0.4, 0.5) is 0 Å². The van der Waals surface area contributed by atoms with Crippen molar-refractivity contribution >= 4 is 21.9 Å². The van der Waals surface area contributed by atoms with Crippen molar-refractivity contribution in [2.75, 3.05) is 0 Å². The first-order valence-electron chi connectivity index (χ1n) is 5.81. The lowest BCUT2D eigenvalue weighted by Crippen LogP contribution is -2.20. The molecule has 7 heteroatoms. The smallest absolute Gasteiger partial charge is 0.289 e. The fourth-order valence-electron chi connectivity index (χ4n) is 2.05. The molecular formula is C14H11NO5S. The maximum Gasteiger partial charge on any atom is 0.330 e. The Morgan fingerprint density at radius 3 is 1.10 bits per heavy atom. The van der Waals surface area contributed by atoms with Gasteiger partial charge in [-0.1, -0.05) is 48.5 Å². The van der Waals surface area contributed by atoms with E-state index in [0.717, 1.165) is 0 Å². The van der Waals surface area contributed by atoms with Gasteiger partial charge in [-0.15, -0.1) is 0 Å². The summed E-state index contributed by atoms with van der Waals surface area (Å²) in [5, 5.41) is 3.88. The van der Waals surface area contributed by atoms with Gasteiger partial charge in [0, 0.05) is 22.3 Å². The van der Waals surface area contributed by atoms with Gasteiger partial charge in [-0.2, -0.15) is 8.42 Å². The minimum absolute atomic E-state index is 0.0641. The molecule has 3 rings (SSSR count). The van der Waals surface area contributed by atoms with Crippen LogP contribution in [0, 0.1) is 0 Å². The second kappa shape index (κ2) is 5.57. The number of hydrogen-bond acceptors (Lipinski definition) is 4. The van der Waals surface area contributed by atoms with E-state index in [9.17, 15) is 9.59 Å². The zero-order valence-electron chi connectivity index (χ0n) is 10.7. The van der Waals surface area contributed by atoms with Crippen molar-refractivity contribution in [2.45, 2.75) is 0 Å². The summed E-state index contributed by atoms with van der Waals surface area (Å²) in [6.45, 7) is 0. The van der Waals surface area contributed by atoms with Gasteiger partial charge in [-0.25, -0.2) is 5.14 Å². The van der Waals surface area contributed by atoms with Gasteiger partial charge in [0.05, 0.1) is 0 Å². The summed E-state index contributed by atoms with van der Waals surface area (Å²) in [5.74, 6) is -0.128. The highest BCUT2D eigenvalue weighted by Crippen LogP contribution is 2.26. The number of ketones is 2. The van der Waals surface area contributed by atoms with Crippen LogP contribution >= 0.6 is 0 Å². The van der Waals surface area contributed by atoms with Crippen molar-refractivity contribution in [1.82, 2.24) is 0 Å². The number of benzene rings is 2. The maximum absolute atomic E-state index is 12.1. The first-order chi connectivity index (χ1) is 9.79. The second-order valence-electron chi connectivity index (χ2n) is 4.26. The van der Waals surface area contributed by atoms with Gasteiger partial charge in [0.25, 0.3) is 0 Å². The van der Waals surface area contributed by atoms with Crippen LogP contribution in [0.3, 0.4) is 0 Å². The predicted octanol–water partition coefficient (Wildman–Crippen LogP) is 1.21. The predicted molar refractivity (Wildman–Crippen MR) is 75.5 cm³/mol. The van der Waals surface area contributed by atoms with Crippen LogP contribution in [0.15, 0.2) is 48.5 Å². The van der Waals surface area contributed by atoms with Crippen molar-refractivity contribution in [2.24, 2.45) is 5.14 Å². The molecule has 0 saturated carbocycles. The summed E-state index contributed by atoms with van der Waals surface area (Å²) in [6.07, 6.45) is 0. The maximum atomic E-state index is 12.1. The Morgan fingerprint density at radius 2 is 0.905 bits per heavy atom. The molecule has 21 heavy (non-hydrogen) atoms. The molecular weight excluding hydrogens is 294 g/mol. The Kier molecular flexibility index (Phi) is 3.99. The highest BCUT2D eigenvalue weighted by molar-refractivity contribution is 7.83. The molecule has 0 unspecified atom stereocenters. The fourth-order valence-corrected chi connectivity index (χ4v) is 2.05. The minimum Gasteiger partial charge on any atom is -0.289 e. The lowest BCUT2D eigenvalue weighted by molar-refractivity contribution is 0.0979. The number of carbonyl (C=O) groups is 2. The molecule has 0 heterocycles. The molecule has 6 nitrogen and oxygen atoms in total. The third-order valence-corrected chi connectivity index (χ3v) is 2.83. The molecule has 1 aliphatic carbocycles. The summed E-state index contributed by atoms with van der Waals surface area (Å²) in [5.41, 5.74) is 2.02. The Morgan fingerprint density at radius 1 is 0.714 bits per heavy atom. The molecule has 0 amide bonds. The molecule has 1 aliphatic rings. The van der Waals surface area contributed by atoms with Gasteiger partial charge in [0.2, 0.25) is 0 Å². The summed E-state index contributed by atoms with van der Waals surface area (Å²) >= 11 is 0. The summed E-state index contributed by atoms with van der Waals surface area (Å²) in [4.78, 5) is 24.2. The van der Waals surface area contributed by atoms with E-state index < -0.39 is 10.3 Å². The Hall–Kier alpha value is -2.35. The SMILES string of the molecule is NS(=O)(=O)O.O=C1c2ccccc2C(=O)c2ccccc21. The molecule has 0 aromatic heterocycles. The third-order valence-electron chi connectivity index (χ3n) is 2.83. The van der Waals surface area contributed by atoms with Gasteiger partial charge in [-0.05, 0) is 0 Å². The first-order valence-corrected chi connectivity index (χ1v) is 7.32. The molecule has 0 radical (unpaired) electrons. The molecule has 0 aliphatic heterocycles. The summed E-state index contributed by atoms with van der Waals surface area (Å²) in [7, 11) is -4.17. The van der Waals surface area contributed by atoms with E-state index in [-0.39, 0.29) is 11.6 Å². The Bertz CT molecular complexity index is 713. The van der Waals surface area contributed by atoms with E-state index >= 15 is 0 Å². The van der Waals surface area contributed by atoms with Gasteiger partial charge in [0.1, 0.15) is 0 Å². The van der Waals surface area contributed by atoms with E-state index in [0.29, 0.717) is 22.3 Å². The number of rotatable bonds is 0. The topological polar surface area (TPSA) is 115 Å². The van der Waals surface area contributed by atoms with Crippen LogP contribution in [-0.2, 0) is 10.3 Å². The minimum atomic E-state index is -4.17. The standard InChI is InChI=1S/C14H8O2.H3NO3S/c15-13-9-5-1-2-6-10(9)14(16)12-8-4-3-7-11(12)13;1-5(2,3)4/h1-8H;(H3,1,2,3,4). The van der Waals surface area contributed by atoms with Gasteiger partial charge in [0.15, 0.2) is 11.6 Å². The van der Waals surface area contributed by atoms with Gasteiger partial charge < -0.3 is 0 Å². The zero-order valence-corrected chi connectivity index (χ0v) is 11.5. The van der Waals surface area contributed by atoms with E-state index in [1.807, 2.05) is 0 Å². The summed E-state index contributed by atoms with van der Waals surface area (Å²) in [6, 6.07) is 13.9. The first kappa shape index (κ1) is 15.0. The highest BCUT2D eigenvalue weighted by atomic mass is 32.2. The van der Waals surface area contributed by atoms with Crippen LogP contribution < -0.4 is 5.14 Å². The molecule has 2 aromatic rings. The van der Waals surface area contributed by atoms with Gasteiger partial charge >= 0.3 is 10.3 Å². The van der Waals surface area contributed by atoms with E-state index in [1.165, 1.54) is 0 Å². The van der Waals surface area contributed by atoms with Gasteiger partial charge in [-0.3, -0.25) is 14.1 Å². The summed E-state index contributed by atoms with van der Waals surface area (Å²) < 4.78 is 25.2. The second-order valence-corrected chi connectivity index (χ2v) is 5.29. The molecule has 2 aromatic carbocycles. The van der Waals surface area contributed by atoms with Crippen molar-refractivity contribution in [3.8, 4) is 0 Å². The number of hydrogen-bond donors (Lipinski definition) is 2. The highest BCUT2D eigenvalue weighted by Gasteiger charge is 2.28. The lowest BCUT2D eigenvalue weighted by atomic mass is 9.84. The monoisotopic (exact) mass is 305 g/mol. The fraction of sp³-hybridized carbons (Fsp3) is 0. The van der Waals surface area contributed by atoms with Crippen molar-refractivity contribution in [3.05, 3.63) is 70.8 Å². The quantitative estimate of drug-likeness (QED) is 0.606. The van der Waals surface area contributed by atoms with Crippen LogP contribution in [0.5, 0.6) is 0 Å². The number of nitrogens with two attached hydrogens (primary N) is 1. The van der Waals surface area contributed by atoms with Crippen LogP contribution in [0.1, 0.15) is 31.8 Å². The largest absolute Gasteiger partial charge is 0.330 e. The third kappa shape index (κ3) is 3.40. The molecule has 0 spiro atoms. The van der Waals surface area contributed by atoms with Crippen molar-refractivity contribution in [1.29, 1.82) is 0 Å². The number of fused-ring (bicyclic) bond motifs is 2. The van der Waals surface area contributed by atoms with Crippen LogP contribution in [0.2, 0.25) is 0 Å². The molecule has 108 valence electrons. The zero-order chi connectivity index (χ0) is 15.6. The van der Waals surface area contributed by atoms with Crippen molar-refractivity contribution < 1.29 is 22.6 Å². The molecule has 3 N–H and O–H groups in total. The average Bonchev–Trinajstić information content (AvgIpc) is 2.43. The van der Waals surface area contributed by atoms with E-state index in [4.69, 9.17) is 13.0 Å². The Balaban J connectivity index is 0.000000282. The molecule has 0 atom stereocenters. The molecule has 0 bridgehead atoms. The molecule has 0 saturated heterocycles. The van der Waals surface area contributed by atoms with Crippen LogP contribution in [0.25, 0.3) is 0 Å². The van der Waals surface area contributed by atoms with E-state index in [2.05, 4.69) is 5.14 Å². The van der Waals surface area contributed by atoms with E-state index in [1.54, 1.807) is 48.5 Å². The Labute approximate surface area is 121 Å². The normalized spacial score (nSPS) is 12.9. The lowest BCUT2D eigenvalue weighted by Gasteiger charge is -2.16. The molecule has 0 fully saturated rings. The number of carbonyl (C=O) groups excluding carboxylic acids is 2. The average molecular weight is 305 g/mol.